The molecule has 0 aromatic heterocycles. The standard InChI is InChI=1S/C11H16N2O3S/c1-3-17(15,16)10-6-4-9(5-7-10)13(2)11(14)8-12/h4-7H,3,8,12H2,1-2H3. The molecule has 0 heterocycles. The van der Waals surface area contributed by atoms with E-state index >= 15 is 0 Å². The third-order valence-electron chi connectivity index (χ3n) is 2.51. The molecular formula is C11H16N2O3S. The molecule has 0 saturated heterocycles. The Morgan fingerprint density at radius 2 is 1.82 bits per heavy atom. The second-order valence-electron chi connectivity index (χ2n) is 3.55. The lowest BCUT2D eigenvalue weighted by Gasteiger charge is -2.16. The predicted molar refractivity (Wildman–Crippen MR) is 66.6 cm³/mol. The maximum atomic E-state index is 11.6. The van der Waals surface area contributed by atoms with Crippen molar-refractivity contribution in [1.82, 2.24) is 0 Å². The van der Waals surface area contributed by atoms with Crippen molar-refractivity contribution in [1.29, 1.82) is 0 Å². The summed E-state index contributed by atoms with van der Waals surface area (Å²) < 4.78 is 23.1. The van der Waals surface area contributed by atoms with Gasteiger partial charge in [-0.25, -0.2) is 8.42 Å². The average molecular weight is 256 g/mol. The van der Waals surface area contributed by atoms with E-state index in [4.69, 9.17) is 5.73 Å². The molecule has 0 saturated carbocycles. The van der Waals surface area contributed by atoms with Gasteiger partial charge < -0.3 is 10.6 Å². The summed E-state index contributed by atoms with van der Waals surface area (Å²) in [4.78, 5) is 13.0. The van der Waals surface area contributed by atoms with E-state index in [1.807, 2.05) is 0 Å². The summed E-state index contributed by atoms with van der Waals surface area (Å²) >= 11 is 0. The van der Waals surface area contributed by atoms with Gasteiger partial charge in [0.2, 0.25) is 5.91 Å². The van der Waals surface area contributed by atoms with Gasteiger partial charge in [0, 0.05) is 12.7 Å². The number of amides is 1. The van der Waals surface area contributed by atoms with Crippen LogP contribution in [0.1, 0.15) is 6.92 Å². The summed E-state index contributed by atoms with van der Waals surface area (Å²) in [5.74, 6) is -0.166. The monoisotopic (exact) mass is 256 g/mol. The van der Waals surface area contributed by atoms with Crippen LogP contribution in [0.4, 0.5) is 5.69 Å². The lowest BCUT2D eigenvalue weighted by Crippen LogP contribution is -2.32. The summed E-state index contributed by atoms with van der Waals surface area (Å²) in [6.45, 7) is 1.51. The van der Waals surface area contributed by atoms with Gasteiger partial charge in [0.05, 0.1) is 17.2 Å². The highest BCUT2D eigenvalue weighted by Gasteiger charge is 2.13. The van der Waals surface area contributed by atoms with Crippen LogP contribution in [0.3, 0.4) is 0 Å². The number of benzene rings is 1. The lowest BCUT2D eigenvalue weighted by molar-refractivity contribution is -0.117. The van der Waals surface area contributed by atoms with E-state index in [0.29, 0.717) is 5.69 Å². The van der Waals surface area contributed by atoms with Gasteiger partial charge in [-0.2, -0.15) is 0 Å². The zero-order chi connectivity index (χ0) is 13.1. The molecule has 5 nitrogen and oxygen atoms in total. The molecule has 0 aliphatic heterocycles. The Hall–Kier alpha value is -1.40. The van der Waals surface area contributed by atoms with Crippen molar-refractivity contribution in [2.45, 2.75) is 11.8 Å². The van der Waals surface area contributed by atoms with Gasteiger partial charge in [0.25, 0.3) is 0 Å². The third-order valence-corrected chi connectivity index (χ3v) is 4.26. The van der Waals surface area contributed by atoms with Crippen LogP contribution in [0.2, 0.25) is 0 Å². The first kappa shape index (κ1) is 13.7. The number of sulfone groups is 1. The fourth-order valence-electron chi connectivity index (χ4n) is 1.32. The molecule has 6 heteroatoms. The molecular weight excluding hydrogens is 240 g/mol. The van der Waals surface area contributed by atoms with Crippen molar-refractivity contribution in [3.05, 3.63) is 24.3 Å². The first-order valence-electron chi connectivity index (χ1n) is 5.21. The second kappa shape index (κ2) is 5.29. The minimum absolute atomic E-state index is 0.0594. The fourth-order valence-corrected chi connectivity index (χ4v) is 2.21. The normalized spacial score (nSPS) is 11.2. The van der Waals surface area contributed by atoms with Crippen LogP contribution in [-0.4, -0.2) is 33.7 Å². The van der Waals surface area contributed by atoms with Crippen LogP contribution in [0, 0.1) is 0 Å². The Kier molecular flexibility index (Phi) is 4.25. The van der Waals surface area contributed by atoms with Crippen LogP contribution in [0.5, 0.6) is 0 Å². The molecule has 1 amide bonds. The number of nitrogens with two attached hydrogens (primary N) is 1. The van der Waals surface area contributed by atoms with E-state index < -0.39 is 9.84 Å². The number of likely N-dealkylation sites (N-methyl/N-ethyl adjacent to an activating group) is 1. The van der Waals surface area contributed by atoms with Crippen molar-refractivity contribution >= 4 is 21.4 Å². The van der Waals surface area contributed by atoms with E-state index in [-0.39, 0.29) is 23.1 Å². The number of carbonyl (C=O) groups excluding carboxylic acids is 1. The molecule has 0 aliphatic rings. The zero-order valence-electron chi connectivity index (χ0n) is 9.88. The number of rotatable bonds is 4. The largest absolute Gasteiger partial charge is 0.322 e. The van der Waals surface area contributed by atoms with Crippen LogP contribution < -0.4 is 10.6 Å². The molecule has 0 atom stereocenters. The number of hydrogen-bond donors (Lipinski definition) is 1. The van der Waals surface area contributed by atoms with E-state index in [0.717, 1.165) is 0 Å². The van der Waals surface area contributed by atoms with Crippen LogP contribution in [-0.2, 0) is 14.6 Å². The Balaban J connectivity index is 3.00. The molecule has 0 bridgehead atoms. The first-order valence-corrected chi connectivity index (χ1v) is 6.87. The molecule has 1 aromatic rings. The summed E-state index contributed by atoms with van der Waals surface area (Å²) in [5.41, 5.74) is 5.86. The summed E-state index contributed by atoms with van der Waals surface area (Å²) in [6, 6.07) is 6.18. The van der Waals surface area contributed by atoms with E-state index in [1.165, 1.54) is 17.0 Å². The number of nitrogens with zero attached hydrogens (tertiary/aromatic N) is 1. The zero-order valence-corrected chi connectivity index (χ0v) is 10.7. The maximum Gasteiger partial charge on any atom is 0.240 e. The number of anilines is 1. The average Bonchev–Trinajstić information content (AvgIpc) is 2.37. The fraction of sp³-hybridized carbons (Fsp3) is 0.364. The third kappa shape index (κ3) is 3.04. The quantitative estimate of drug-likeness (QED) is 0.845. The van der Waals surface area contributed by atoms with Gasteiger partial charge in [0.15, 0.2) is 9.84 Å². The Labute approximate surface area is 101 Å². The highest BCUT2D eigenvalue weighted by molar-refractivity contribution is 7.91. The molecule has 0 unspecified atom stereocenters. The first-order chi connectivity index (χ1) is 7.92. The molecule has 94 valence electrons. The number of carbonyl (C=O) groups is 1. The summed E-state index contributed by atoms with van der Waals surface area (Å²) in [7, 11) is -1.60. The Bertz CT molecular complexity index is 494. The summed E-state index contributed by atoms with van der Waals surface area (Å²) in [5, 5.41) is 0. The summed E-state index contributed by atoms with van der Waals surface area (Å²) in [6.07, 6.45) is 0. The smallest absolute Gasteiger partial charge is 0.240 e. The SMILES string of the molecule is CCS(=O)(=O)c1ccc(N(C)C(=O)CN)cc1. The minimum atomic E-state index is -3.19. The predicted octanol–water partition coefficient (Wildman–Crippen LogP) is 0.402. The Morgan fingerprint density at radius 3 is 2.24 bits per heavy atom. The molecule has 0 fully saturated rings. The van der Waals surface area contributed by atoms with Crippen molar-refractivity contribution in [2.75, 3.05) is 24.2 Å². The van der Waals surface area contributed by atoms with Gasteiger partial charge in [0.1, 0.15) is 0 Å². The molecule has 1 rings (SSSR count). The van der Waals surface area contributed by atoms with E-state index in [2.05, 4.69) is 0 Å². The van der Waals surface area contributed by atoms with Crippen LogP contribution in [0.25, 0.3) is 0 Å². The van der Waals surface area contributed by atoms with Crippen molar-refractivity contribution in [2.24, 2.45) is 5.73 Å². The maximum absolute atomic E-state index is 11.6. The molecule has 0 aliphatic carbocycles. The molecule has 17 heavy (non-hydrogen) atoms. The van der Waals surface area contributed by atoms with Gasteiger partial charge >= 0.3 is 0 Å². The van der Waals surface area contributed by atoms with Gasteiger partial charge in [-0.3, -0.25) is 4.79 Å². The highest BCUT2D eigenvalue weighted by Crippen LogP contribution is 2.17. The molecule has 0 spiro atoms. The lowest BCUT2D eigenvalue weighted by atomic mass is 10.3. The van der Waals surface area contributed by atoms with Crippen LogP contribution >= 0.6 is 0 Å². The minimum Gasteiger partial charge on any atom is -0.322 e. The van der Waals surface area contributed by atoms with Gasteiger partial charge in [-0.1, -0.05) is 6.92 Å². The highest BCUT2D eigenvalue weighted by atomic mass is 32.2. The van der Waals surface area contributed by atoms with E-state index in [1.54, 1.807) is 26.1 Å². The van der Waals surface area contributed by atoms with Crippen molar-refractivity contribution in [3.63, 3.8) is 0 Å². The van der Waals surface area contributed by atoms with Crippen molar-refractivity contribution < 1.29 is 13.2 Å². The number of hydrogen-bond acceptors (Lipinski definition) is 4. The van der Waals surface area contributed by atoms with Gasteiger partial charge in [-0.05, 0) is 24.3 Å². The van der Waals surface area contributed by atoms with Crippen LogP contribution in [0.15, 0.2) is 29.2 Å². The topological polar surface area (TPSA) is 80.5 Å². The van der Waals surface area contributed by atoms with Crippen molar-refractivity contribution in [3.8, 4) is 0 Å². The van der Waals surface area contributed by atoms with Gasteiger partial charge in [-0.15, -0.1) is 0 Å². The molecule has 0 radical (unpaired) electrons. The molecule has 1 aromatic carbocycles. The molecule has 2 N–H and O–H groups in total. The Morgan fingerprint density at radius 1 is 1.29 bits per heavy atom. The van der Waals surface area contributed by atoms with E-state index in [9.17, 15) is 13.2 Å². The second-order valence-corrected chi connectivity index (χ2v) is 5.83.